The Morgan fingerprint density at radius 1 is 0.847 bits per heavy atom. The second-order valence-electron chi connectivity index (χ2n) is 23.5. The van der Waals surface area contributed by atoms with Crippen molar-refractivity contribution in [3.05, 3.63) is 73.6 Å². The van der Waals surface area contributed by atoms with Crippen LogP contribution in [0, 0.1) is 71.5 Å². The van der Waals surface area contributed by atoms with Crippen LogP contribution in [0.15, 0.2) is 65.4 Å². The van der Waals surface area contributed by atoms with Gasteiger partial charge in [-0.25, -0.2) is 12.8 Å². The minimum absolute atomic E-state index is 0. The molecule has 8 aliphatic heterocycles. The van der Waals surface area contributed by atoms with Crippen LogP contribution in [0.4, 0.5) is 0 Å². The smallest absolute Gasteiger partial charge is 0.654 e. The molecule has 15 atom stereocenters. The Bertz CT molecular complexity index is 2470. The maximum Gasteiger partial charge on any atom is 3.00 e. The molecule has 11 heteroatoms. The van der Waals surface area contributed by atoms with Crippen molar-refractivity contribution in [2.24, 2.45) is 68.7 Å². The number of nitrogens with one attached hydrogen (secondary N) is 1. The van der Waals surface area contributed by atoms with Gasteiger partial charge in [0.2, 0.25) is 0 Å². The third-order valence-electron chi connectivity index (χ3n) is 17.0. The van der Waals surface area contributed by atoms with Gasteiger partial charge in [-0.3, -0.25) is 9.98 Å². The second-order valence-corrected chi connectivity index (χ2v) is 26.5. The molecule has 2 aliphatic carbocycles. The van der Waals surface area contributed by atoms with Gasteiger partial charge in [0.05, 0.1) is 11.9 Å². The van der Waals surface area contributed by atoms with E-state index in [-0.39, 0.29) is 80.0 Å². The van der Waals surface area contributed by atoms with Crippen LogP contribution in [-0.2, 0) is 29.6 Å². The zero-order chi connectivity index (χ0) is 58.6. The van der Waals surface area contributed by atoms with Gasteiger partial charge in [0.25, 0.3) is 0 Å². The predicted molar refractivity (Wildman–Crippen MR) is 301 cm³/mol. The number of allylic oxidation sites excluding steroid dienone is 3. The van der Waals surface area contributed by atoms with E-state index in [4.69, 9.17) is 27.1 Å². The van der Waals surface area contributed by atoms with Gasteiger partial charge in [-0.2, -0.15) is 11.1 Å². The van der Waals surface area contributed by atoms with E-state index in [1.807, 2.05) is 58.1 Å². The molecule has 0 radical (unpaired) electrons. The first-order valence-corrected chi connectivity index (χ1v) is 29.6. The van der Waals surface area contributed by atoms with E-state index in [9.17, 15) is 10.2 Å². The summed E-state index contributed by atoms with van der Waals surface area (Å²) in [7, 11) is 0. The predicted octanol–water partition coefficient (Wildman–Crippen LogP) is 15.4. The number of hydrogen-bond donors (Lipinski definition) is 3. The fourth-order valence-corrected chi connectivity index (χ4v) is 15.8. The summed E-state index contributed by atoms with van der Waals surface area (Å²) in [5, 5.41) is 28.9. The number of ether oxygens (including phenoxy) is 2. The normalized spacial score (nSPS) is 37.6. The van der Waals surface area contributed by atoms with Crippen LogP contribution in [0.3, 0.4) is 0 Å². The van der Waals surface area contributed by atoms with E-state index < -0.39 is 31.6 Å². The summed E-state index contributed by atoms with van der Waals surface area (Å²) in [6, 6.07) is 0.265. The van der Waals surface area contributed by atoms with E-state index in [2.05, 4.69) is 69.7 Å². The molecule has 404 valence electrons. The Kier molecular flexibility index (Phi) is 16.3. The molecule has 0 aromatic rings. The summed E-state index contributed by atoms with van der Waals surface area (Å²) in [4.78, 5) is 11.9. The Morgan fingerprint density at radius 3 is 1.97 bits per heavy atom. The molecule has 0 aromatic carbocycles. The monoisotopic (exact) mass is 1210 g/mol. The molecule has 8 nitrogen and oxygen atoms in total. The minimum atomic E-state index is -2.14. The summed E-state index contributed by atoms with van der Waals surface area (Å²) in [5.74, 6) is 4.61. The van der Waals surface area contributed by atoms with E-state index in [1.54, 1.807) is 6.08 Å². The first kappa shape index (κ1) is 46.5. The molecule has 0 bridgehead atoms. The second kappa shape index (κ2) is 25.3. The Morgan fingerprint density at radius 2 is 1.42 bits per heavy atom. The quantitative estimate of drug-likeness (QED) is 0.140. The van der Waals surface area contributed by atoms with Crippen LogP contribution >= 0.6 is 23.5 Å². The first-order valence-electron chi connectivity index (χ1n) is 32.4. The zero-order valence-electron chi connectivity index (χ0n) is 54.4. The third-order valence-corrected chi connectivity index (χ3v) is 19.7. The molecule has 8 heterocycles. The summed E-state index contributed by atoms with van der Waals surface area (Å²) in [6.45, 7) is 20.0. The SMILES string of the molecule is CCC(CC)[C@H](O)/C=C(\O)[C@@H](C)CC.[2H]C([2H])([2H])C1=N[C@H]2OC3=C([C@H]4CC5=C(C[N-]4)[C@H](C([2H])([2H])C(C)(C)C)[C@H](C)S5)[CH-]CC[C@H]3C2CC1.[2H][C@@H](C(C)C)[C@H]1C2=C(C[C@H](C3=C4O[C@@H]5N=C(C([2H])([2H])[2H])CCC5[C@@H]4CC[CH-]3)NC2)S[C@H]1C.[Ir+3]. The van der Waals surface area contributed by atoms with Gasteiger partial charge in [0.1, 0.15) is 0 Å². The van der Waals surface area contributed by atoms with Gasteiger partial charge in [-0.1, -0.05) is 107 Å². The number of aliphatic hydroxyl groups excluding tert-OH is 2. The minimum Gasteiger partial charge on any atom is -0.654 e. The molecule has 0 saturated carbocycles. The van der Waals surface area contributed by atoms with Gasteiger partial charge >= 0.3 is 20.1 Å². The summed E-state index contributed by atoms with van der Waals surface area (Å²) in [5.41, 5.74) is 5.27. The van der Waals surface area contributed by atoms with Gasteiger partial charge in [-0.05, 0) is 145 Å². The molecule has 2 fully saturated rings. The fraction of sp³-hybridized carbons (Fsp3) is 0.770. The average molecular weight is 1210 g/mol. The molecule has 72 heavy (non-hydrogen) atoms. The van der Waals surface area contributed by atoms with Crippen molar-refractivity contribution in [1.82, 2.24) is 5.32 Å². The summed E-state index contributed by atoms with van der Waals surface area (Å²) < 4.78 is 85.8. The van der Waals surface area contributed by atoms with Crippen molar-refractivity contribution < 1.29 is 52.1 Å². The van der Waals surface area contributed by atoms with Crippen molar-refractivity contribution in [1.29, 1.82) is 0 Å². The van der Waals surface area contributed by atoms with Crippen LogP contribution in [0.25, 0.3) is 5.32 Å². The molecule has 10 aliphatic rings. The van der Waals surface area contributed by atoms with Crippen LogP contribution in [-0.4, -0.2) is 75.9 Å². The van der Waals surface area contributed by atoms with Gasteiger partial charge in [-0.15, -0.1) is 49.0 Å². The summed E-state index contributed by atoms with van der Waals surface area (Å²) >= 11 is 3.81. The number of hydrogen-bond acceptors (Lipinski definition) is 9. The van der Waals surface area contributed by atoms with E-state index in [0.29, 0.717) is 71.4 Å². The topological polar surface area (TPSA) is 110 Å². The van der Waals surface area contributed by atoms with Gasteiger partial charge in [0, 0.05) is 64.6 Å². The molecule has 2 unspecified atom stereocenters. The van der Waals surface area contributed by atoms with E-state index in [1.165, 1.54) is 32.1 Å². The number of aliphatic imine (C=N–C) groups is 2. The van der Waals surface area contributed by atoms with Gasteiger partial charge < -0.3 is 30.3 Å². The van der Waals surface area contributed by atoms with Crippen LogP contribution in [0.5, 0.6) is 0 Å². The van der Waals surface area contributed by atoms with E-state index >= 15 is 0 Å². The molecule has 0 amide bonds. The molecule has 10 rings (SSSR count). The Labute approximate surface area is 472 Å². The maximum atomic E-state index is 9.79. The van der Waals surface area contributed by atoms with E-state index in [0.717, 1.165) is 88.7 Å². The number of fused-ring (bicyclic) bond motifs is 6. The zero-order valence-corrected chi connectivity index (χ0v) is 49.4. The standard InChI is InChI=1S/C25H36N2OS.C24H35N2OS.C12H24O2.Ir/c1-14-9-10-17-16-7-6-8-18(23(16)28-24(17)27-14)21-11-22-20(13-26-21)19(15(2)29-22)12-25(3,4)5;1-13(2)10-19-15(4)28-22-11-21(25-12-20(19)22)18-7-5-6-16-17-9-8-14(3)26-24(17)27-23(16)18;1-5-9(4)11(13)8-12(14)10(6-2)7-3;/h8,15-17,19,21,24H,6-7,9-13H2,1-5H3;7,13,15-17,19,21,24-25H,5-6,8-12H2,1-4H3;8-10,12-14H,5-7H2,1-4H3;/q-2;-1;;+3/b;;11-8-;/t2*15-,16-,17?,19+,21+,24-;9-,12+;/m000./s1/i1D3,12D2;3D3,10D;;/tm;10-,15-,16-,17?,19+,21+,24-;m;. The third kappa shape index (κ3) is 13.2. The molecule has 0 aromatic heterocycles. The number of thioether (sulfide) groups is 2. The maximum absolute atomic E-state index is 9.79. The fourth-order valence-electron chi connectivity index (χ4n) is 12.9. The van der Waals surface area contributed by atoms with Gasteiger partial charge in [0.15, 0.2) is 12.5 Å². The van der Waals surface area contributed by atoms with Crippen molar-refractivity contribution in [2.75, 3.05) is 13.1 Å². The molecular weight excluding hydrogens is 1110 g/mol. The average Bonchev–Trinajstić information content (AvgIpc) is 4.33. The van der Waals surface area contributed by atoms with Crippen molar-refractivity contribution >= 4 is 34.9 Å². The van der Waals surface area contributed by atoms with Crippen LogP contribution < -0.4 is 5.32 Å². The number of nitrogens with zero attached hydrogens (tertiary/aromatic N) is 3. The van der Waals surface area contributed by atoms with Crippen LogP contribution in [0.1, 0.15) is 198 Å². The number of aliphatic hydroxyl groups is 2. The molecule has 0 spiro atoms. The summed E-state index contributed by atoms with van der Waals surface area (Å²) in [6.07, 6.45) is 15.1. The molecule has 3 N–H and O–H groups in total. The number of rotatable bonds is 11. The largest absolute Gasteiger partial charge is 3.00 e. The molecular formula is C61H95IrN4O4S2. The van der Waals surface area contributed by atoms with Crippen molar-refractivity contribution in [3.63, 3.8) is 0 Å². The first-order chi connectivity index (χ1) is 37.5. The Balaban J connectivity index is 0.000000189. The van der Waals surface area contributed by atoms with Crippen LogP contribution in [0.2, 0.25) is 0 Å². The van der Waals surface area contributed by atoms with Crippen molar-refractivity contribution in [3.8, 4) is 0 Å². The Hall–Kier alpha value is -1.59. The molecule has 2 saturated heterocycles. The van der Waals surface area contributed by atoms with Crippen molar-refractivity contribution in [2.45, 2.75) is 227 Å².